The molecule has 14 heavy (non-hydrogen) atoms. The van der Waals surface area contributed by atoms with E-state index in [2.05, 4.69) is 0 Å². The van der Waals surface area contributed by atoms with Gasteiger partial charge in [-0.2, -0.15) is 0 Å². The van der Waals surface area contributed by atoms with Crippen molar-refractivity contribution in [3.8, 4) is 11.5 Å². The van der Waals surface area contributed by atoms with Crippen molar-refractivity contribution in [2.24, 2.45) is 0 Å². The minimum atomic E-state index is -0.752. The Morgan fingerprint density at radius 3 is 2.93 bits per heavy atom. The Bertz CT molecular complexity index is 309. The Morgan fingerprint density at radius 2 is 2.29 bits per heavy atom. The fourth-order valence-electron chi connectivity index (χ4n) is 0.858. The lowest BCUT2D eigenvalue weighted by molar-refractivity contribution is 0.0991. The van der Waals surface area contributed by atoms with Crippen LogP contribution >= 0.6 is 0 Å². The Kier molecular flexibility index (Phi) is 3.79. The molecular weight excluding hydrogens is 184 g/mol. The average molecular weight is 196 g/mol. The molecule has 0 spiro atoms. The first-order valence-corrected chi connectivity index (χ1v) is 4.36. The molecule has 1 N–H and O–H groups in total. The van der Waals surface area contributed by atoms with Gasteiger partial charge >= 0.3 is 6.16 Å². The van der Waals surface area contributed by atoms with Crippen LogP contribution in [0.15, 0.2) is 24.3 Å². The highest BCUT2D eigenvalue weighted by molar-refractivity contribution is 5.63. The standard InChI is InChI=1S/C10H12O4/c1-2-6-13-10(12)14-9-5-3-4-8(11)7-9/h3-5,7,11H,2,6H2,1H3. The molecular formula is C10H12O4. The van der Waals surface area contributed by atoms with Crippen LogP contribution in [0, 0.1) is 0 Å². The Balaban J connectivity index is 2.47. The number of aromatic hydroxyl groups is 1. The van der Waals surface area contributed by atoms with E-state index in [9.17, 15) is 4.79 Å². The fraction of sp³-hybridized carbons (Fsp3) is 0.300. The first kappa shape index (κ1) is 10.4. The van der Waals surface area contributed by atoms with E-state index in [1.54, 1.807) is 12.1 Å². The van der Waals surface area contributed by atoms with E-state index in [1.807, 2.05) is 6.92 Å². The summed E-state index contributed by atoms with van der Waals surface area (Å²) in [5, 5.41) is 9.07. The molecule has 0 atom stereocenters. The quantitative estimate of drug-likeness (QED) is 0.595. The Labute approximate surface area is 82.1 Å². The van der Waals surface area contributed by atoms with Crippen LogP contribution in [0.5, 0.6) is 11.5 Å². The fourth-order valence-corrected chi connectivity index (χ4v) is 0.858. The van der Waals surface area contributed by atoms with Crippen molar-refractivity contribution in [3.63, 3.8) is 0 Å². The summed E-state index contributed by atoms with van der Waals surface area (Å²) in [4.78, 5) is 11.0. The molecule has 76 valence electrons. The molecule has 1 aromatic carbocycles. The molecule has 0 amide bonds. The second kappa shape index (κ2) is 5.11. The van der Waals surface area contributed by atoms with Gasteiger partial charge in [-0.25, -0.2) is 4.79 Å². The zero-order valence-electron chi connectivity index (χ0n) is 7.90. The van der Waals surface area contributed by atoms with Gasteiger partial charge in [0, 0.05) is 6.07 Å². The highest BCUT2D eigenvalue weighted by Crippen LogP contribution is 2.17. The maximum atomic E-state index is 11.0. The van der Waals surface area contributed by atoms with Crippen molar-refractivity contribution in [3.05, 3.63) is 24.3 Å². The van der Waals surface area contributed by atoms with E-state index in [1.165, 1.54) is 12.1 Å². The van der Waals surface area contributed by atoms with Crippen LogP contribution in [0.4, 0.5) is 4.79 Å². The molecule has 0 radical (unpaired) electrons. The van der Waals surface area contributed by atoms with Gasteiger partial charge < -0.3 is 14.6 Å². The highest BCUT2D eigenvalue weighted by atomic mass is 16.7. The third-order valence-electron chi connectivity index (χ3n) is 1.44. The molecule has 0 saturated carbocycles. The topological polar surface area (TPSA) is 55.8 Å². The van der Waals surface area contributed by atoms with Gasteiger partial charge in [0.25, 0.3) is 0 Å². The van der Waals surface area contributed by atoms with Gasteiger partial charge in [-0.15, -0.1) is 0 Å². The molecule has 0 fully saturated rings. The van der Waals surface area contributed by atoms with E-state index in [0.29, 0.717) is 6.61 Å². The molecule has 0 aliphatic rings. The van der Waals surface area contributed by atoms with Crippen molar-refractivity contribution in [1.82, 2.24) is 0 Å². The summed E-state index contributed by atoms with van der Waals surface area (Å²) in [5.41, 5.74) is 0. The van der Waals surface area contributed by atoms with Crippen molar-refractivity contribution in [1.29, 1.82) is 0 Å². The summed E-state index contributed by atoms with van der Waals surface area (Å²) in [6.45, 7) is 2.22. The van der Waals surface area contributed by atoms with E-state index < -0.39 is 6.16 Å². The van der Waals surface area contributed by atoms with Crippen LogP contribution in [0.3, 0.4) is 0 Å². The average Bonchev–Trinajstić information content (AvgIpc) is 2.15. The maximum Gasteiger partial charge on any atom is 0.513 e. The third kappa shape index (κ3) is 3.35. The van der Waals surface area contributed by atoms with Crippen molar-refractivity contribution >= 4 is 6.16 Å². The predicted molar refractivity (Wildman–Crippen MR) is 50.4 cm³/mol. The summed E-state index contributed by atoms with van der Waals surface area (Å²) in [6.07, 6.45) is -0.00718. The Hall–Kier alpha value is -1.71. The Morgan fingerprint density at radius 1 is 1.50 bits per heavy atom. The molecule has 4 heteroatoms. The van der Waals surface area contributed by atoms with E-state index in [0.717, 1.165) is 6.42 Å². The maximum absolute atomic E-state index is 11.0. The summed E-state index contributed by atoms with van der Waals surface area (Å²) >= 11 is 0. The molecule has 0 unspecified atom stereocenters. The second-order valence-corrected chi connectivity index (χ2v) is 2.70. The van der Waals surface area contributed by atoms with E-state index in [-0.39, 0.29) is 11.5 Å². The first-order valence-electron chi connectivity index (χ1n) is 4.36. The number of hydrogen-bond acceptors (Lipinski definition) is 4. The van der Waals surface area contributed by atoms with Gasteiger partial charge in [-0.05, 0) is 18.6 Å². The van der Waals surface area contributed by atoms with Crippen LogP contribution in [0.1, 0.15) is 13.3 Å². The molecule has 4 nitrogen and oxygen atoms in total. The third-order valence-corrected chi connectivity index (χ3v) is 1.44. The van der Waals surface area contributed by atoms with Crippen LogP contribution in [0.2, 0.25) is 0 Å². The van der Waals surface area contributed by atoms with Crippen LogP contribution in [-0.2, 0) is 4.74 Å². The number of hydrogen-bond donors (Lipinski definition) is 1. The van der Waals surface area contributed by atoms with Crippen molar-refractivity contribution in [2.45, 2.75) is 13.3 Å². The summed E-state index contributed by atoms with van der Waals surface area (Å²) in [6, 6.07) is 5.97. The molecule has 0 aliphatic heterocycles. The molecule has 0 aliphatic carbocycles. The van der Waals surface area contributed by atoms with Gasteiger partial charge in [0.2, 0.25) is 0 Å². The number of carbonyl (C=O) groups excluding carboxylic acids is 1. The number of rotatable bonds is 3. The number of phenolic OH excluding ortho intramolecular Hbond substituents is 1. The van der Waals surface area contributed by atoms with Gasteiger partial charge in [0.05, 0.1) is 6.61 Å². The smallest absolute Gasteiger partial charge is 0.508 e. The van der Waals surface area contributed by atoms with Crippen LogP contribution in [0.25, 0.3) is 0 Å². The number of phenols is 1. The monoisotopic (exact) mass is 196 g/mol. The number of carbonyl (C=O) groups is 1. The van der Waals surface area contributed by atoms with Gasteiger partial charge in [0.15, 0.2) is 0 Å². The normalized spacial score (nSPS) is 9.50. The SMILES string of the molecule is CCCOC(=O)Oc1cccc(O)c1. The van der Waals surface area contributed by atoms with Gasteiger partial charge in [-0.3, -0.25) is 0 Å². The first-order chi connectivity index (χ1) is 6.72. The zero-order chi connectivity index (χ0) is 10.4. The predicted octanol–water partition coefficient (Wildman–Crippen LogP) is 2.32. The lowest BCUT2D eigenvalue weighted by atomic mass is 10.3. The minimum Gasteiger partial charge on any atom is -0.508 e. The lowest BCUT2D eigenvalue weighted by Crippen LogP contribution is -2.10. The van der Waals surface area contributed by atoms with Crippen LogP contribution < -0.4 is 4.74 Å². The summed E-state index contributed by atoms with van der Waals surface area (Å²) < 4.78 is 9.47. The molecule has 1 aromatic rings. The van der Waals surface area contributed by atoms with E-state index in [4.69, 9.17) is 14.6 Å². The van der Waals surface area contributed by atoms with E-state index >= 15 is 0 Å². The van der Waals surface area contributed by atoms with Crippen molar-refractivity contribution < 1.29 is 19.4 Å². The molecule has 0 heterocycles. The lowest BCUT2D eigenvalue weighted by Gasteiger charge is -2.04. The van der Waals surface area contributed by atoms with Gasteiger partial charge in [0.1, 0.15) is 11.5 Å². The molecule has 0 aromatic heterocycles. The second-order valence-electron chi connectivity index (χ2n) is 2.70. The molecule has 0 saturated heterocycles. The zero-order valence-corrected chi connectivity index (χ0v) is 7.90. The number of benzene rings is 1. The molecule has 0 bridgehead atoms. The summed E-state index contributed by atoms with van der Waals surface area (Å²) in [7, 11) is 0. The number of ether oxygens (including phenoxy) is 2. The summed E-state index contributed by atoms with van der Waals surface area (Å²) in [5.74, 6) is 0.317. The largest absolute Gasteiger partial charge is 0.513 e. The minimum absolute atomic E-state index is 0.0470. The van der Waals surface area contributed by atoms with Gasteiger partial charge in [-0.1, -0.05) is 13.0 Å². The highest BCUT2D eigenvalue weighted by Gasteiger charge is 2.04. The van der Waals surface area contributed by atoms with Crippen molar-refractivity contribution in [2.75, 3.05) is 6.61 Å². The molecule has 1 rings (SSSR count). The van der Waals surface area contributed by atoms with Crippen LogP contribution in [-0.4, -0.2) is 17.9 Å².